The molecule has 2 aliphatic rings. The summed E-state index contributed by atoms with van der Waals surface area (Å²) in [5.74, 6) is -0.358. The first-order chi connectivity index (χ1) is 13.2. The Labute approximate surface area is 166 Å². The lowest BCUT2D eigenvalue weighted by atomic mass is 9.70. The van der Waals surface area contributed by atoms with Gasteiger partial charge in [-0.1, -0.05) is 32.9 Å². The first kappa shape index (κ1) is 20.6. The molecule has 1 unspecified atom stereocenters. The minimum atomic E-state index is -1.03. The Hall–Kier alpha value is -2.08. The van der Waals surface area contributed by atoms with E-state index in [0.29, 0.717) is 36.7 Å². The Morgan fingerprint density at radius 1 is 1.25 bits per heavy atom. The highest BCUT2D eigenvalue weighted by Crippen LogP contribution is 2.47. The van der Waals surface area contributed by atoms with E-state index in [4.69, 9.17) is 9.47 Å². The monoisotopic (exact) mass is 389 g/mol. The number of nitrogens with zero attached hydrogens (tertiary/aromatic N) is 1. The molecule has 3 rings (SSSR count). The molecule has 0 aromatic heterocycles. The van der Waals surface area contributed by atoms with Crippen molar-refractivity contribution in [2.24, 2.45) is 11.3 Å². The third kappa shape index (κ3) is 3.75. The van der Waals surface area contributed by atoms with Gasteiger partial charge >= 0.3 is 5.97 Å². The zero-order chi connectivity index (χ0) is 20.5. The van der Waals surface area contributed by atoms with Gasteiger partial charge in [-0.2, -0.15) is 0 Å². The molecule has 6 nitrogen and oxygen atoms in total. The van der Waals surface area contributed by atoms with Crippen LogP contribution < -0.4 is 4.74 Å². The van der Waals surface area contributed by atoms with Gasteiger partial charge in [-0.15, -0.1) is 0 Å². The van der Waals surface area contributed by atoms with Crippen LogP contribution in [0.5, 0.6) is 5.75 Å². The van der Waals surface area contributed by atoms with Gasteiger partial charge in [-0.3, -0.25) is 9.69 Å². The lowest BCUT2D eigenvalue weighted by Gasteiger charge is -2.46. The Balaban J connectivity index is 1.93. The first-order valence-corrected chi connectivity index (χ1v) is 10.1. The molecule has 1 aromatic rings. The van der Waals surface area contributed by atoms with Crippen LogP contribution in [-0.4, -0.2) is 46.9 Å². The van der Waals surface area contributed by atoms with Crippen LogP contribution in [0.2, 0.25) is 0 Å². The number of hydrogen-bond acceptors (Lipinski definition) is 4. The average molecular weight is 389 g/mol. The molecular formula is C22H31NO5. The van der Waals surface area contributed by atoms with Crippen molar-refractivity contribution in [1.82, 2.24) is 4.90 Å². The zero-order valence-corrected chi connectivity index (χ0v) is 17.2. The highest BCUT2D eigenvalue weighted by Gasteiger charge is 2.55. The molecule has 6 heteroatoms. The molecular weight excluding hydrogens is 358 g/mol. The van der Waals surface area contributed by atoms with Crippen molar-refractivity contribution in [3.05, 3.63) is 29.8 Å². The summed E-state index contributed by atoms with van der Waals surface area (Å²) in [5.41, 5.74) is -0.275. The molecule has 1 aliphatic carbocycles. The van der Waals surface area contributed by atoms with Gasteiger partial charge in [-0.05, 0) is 56.1 Å². The van der Waals surface area contributed by atoms with Crippen molar-refractivity contribution in [3.8, 4) is 5.75 Å². The summed E-state index contributed by atoms with van der Waals surface area (Å²) in [4.78, 5) is 26.9. The molecule has 1 N–H and O–H groups in total. The molecule has 1 saturated heterocycles. The maximum absolute atomic E-state index is 13.5. The largest absolute Gasteiger partial charge is 0.493 e. The molecule has 2 fully saturated rings. The third-order valence-electron chi connectivity index (χ3n) is 6.17. The van der Waals surface area contributed by atoms with Crippen molar-refractivity contribution in [3.63, 3.8) is 0 Å². The predicted molar refractivity (Wildman–Crippen MR) is 105 cm³/mol. The van der Waals surface area contributed by atoms with Gasteiger partial charge in [0.05, 0.1) is 18.8 Å². The maximum Gasteiger partial charge on any atom is 0.328 e. The van der Waals surface area contributed by atoms with E-state index in [1.165, 1.54) is 4.90 Å². The van der Waals surface area contributed by atoms with Crippen molar-refractivity contribution in [1.29, 1.82) is 0 Å². The molecule has 1 saturated carbocycles. The van der Waals surface area contributed by atoms with E-state index in [1.807, 2.05) is 6.92 Å². The number of carboxylic acid groups (broad SMARTS) is 1. The van der Waals surface area contributed by atoms with E-state index in [2.05, 4.69) is 20.8 Å². The van der Waals surface area contributed by atoms with Gasteiger partial charge in [0.25, 0.3) is 5.91 Å². The highest BCUT2D eigenvalue weighted by atomic mass is 16.5. The van der Waals surface area contributed by atoms with Crippen LogP contribution in [0.1, 0.15) is 63.7 Å². The molecule has 0 radical (unpaired) electrons. The Morgan fingerprint density at radius 3 is 2.46 bits per heavy atom. The minimum absolute atomic E-state index is 0.0259. The number of amides is 1. The summed E-state index contributed by atoms with van der Waals surface area (Å²) in [7, 11) is 0. The van der Waals surface area contributed by atoms with Crippen molar-refractivity contribution >= 4 is 11.9 Å². The van der Waals surface area contributed by atoms with E-state index in [-0.39, 0.29) is 17.9 Å². The second kappa shape index (κ2) is 7.74. The number of rotatable bonds is 4. The van der Waals surface area contributed by atoms with Crippen LogP contribution >= 0.6 is 0 Å². The van der Waals surface area contributed by atoms with E-state index < -0.39 is 17.7 Å². The number of benzene rings is 1. The predicted octanol–water partition coefficient (Wildman–Crippen LogP) is 3.94. The molecule has 1 amide bonds. The molecule has 1 aliphatic heterocycles. The van der Waals surface area contributed by atoms with Crippen molar-refractivity contribution in [2.45, 2.75) is 65.1 Å². The fraction of sp³-hybridized carbons (Fsp3) is 0.636. The summed E-state index contributed by atoms with van der Waals surface area (Å²) in [6.07, 6.45) is 3.13. The molecule has 154 valence electrons. The van der Waals surface area contributed by atoms with Gasteiger partial charge in [0.1, 0.15) is 11.5 Å². The molecule has 1 heterocycles. The lowest BCUT2D eigenvalue weighted by molar-refractivity contribution is -0.144. The number of para-hydroxylation sites is 1. The van der Waals surface area contributed by atoms with Crippen LogP contribution in [0.3, 0.4) is 0 Å². The second-order valence-corrected chi connectivity index (χ2v) is 8.86. The lowest BCUT2D eigenvalue weighted by Crippen LogP contribution is -2.55. The normalized spacial score (nSPS) is 27.8. The van der Waals surface area contributed by atoms with Crippen molar-refractivity contribution in [2.75, 3.05) is 13.2 Å². The smallest absolute Gasteiger partial charge is 0.328 e. The van der Waals surface area contributed by atoms with E-state index >= 15 is 0 Å². The molecule has 1 aromatic carbocycles. The molecule has 1 atom stereocenters. The maximum atomic E-state index is 13.5. The summed E-state index contributed by atoms with van der Waals surface area (Å²) in [6.45, 7) is 9.00. The second-order valence-electron chi connectivity index (χ2n) is 8.86. The van der Waals surface area contributed by atoms with Gasteiger partial charge in [-0.25, -0.2) is 4.79 Å². The number of aliphatic carboxylic acids is 1. The zero-order valence-electron chi connectivity index (χ0n) is 17.2. The SMILES string of the molecule is CCOc1ccccc1C(=O)N1C(C(=O)O)COC12CCC(C(C)(C)C)CC2. The quantitative estimate of drug-likeness (QED) is 0.844. The minimum Gasteiger partial charge on any atom is -0.493 e. The fourth-order valence-corrected chi connectivity index (χ4v) is 4.55. The van der Waals surface area contributed by atoms with Gasteiger partial charge < -0.3 is 14.6 Å². The topological polar surface area (TPSA) is 76.1 Å². The van der Waals surface area contributed by atoms with Crippen molar-refractivity contribution < 1.29 is 24.2 Å². The number of carbonyl (C=O) groups is 2. The van der Waals surface area contributed by atoms with E-state index in [0.717, 1.165) is 12.8 Å². The summed E-state index contributed by atoms with van der Waals surface area (Å²) < 4.78 is 11.7. The fourth-order valence-electron chi connectivity index (χ4n) is 4.55. The first-order valence-electron chi connectivity index (χ1n) is 10.1. The Morgan fingerprint density at radius 2 is 1.89 bits per heavy atom. The molecule has 1 spiro atoms. The molecule has 28 heavy (non-hydrogen) atoms. The van der Waals surface area contributed by atoms with Gasteiger partial charge in [0.15, 0.2) is 6.04 Å². The number of ether oxygens (including phenoxy) is 2. The third-order valence-corrected chi connectivity index (χ3v) is 6.17. The number of hydrogen-bond donors (Lipinski definition) is 1. The van der Waals surface area contributed by atoms with Crippen LogP contribution in [0.15, 0.2) is 24.3 Å². The average Bonchev–Trinajstić information content (AvgIpc) is 3.00. The summed E-state index contributed by atoms with van der Waals surface area (Å²) >= 11 is 0. The van der Waals surface area contributed by atoms with E-state index in [9.17, 15) is 14.7 Å². The van der Waals surface area contributed by atoms with Crippen LogP contribution in [0.25, 0.3) is 0 Å². The van der Waals surface area contributed by atoms with Crippen LogP contribution in [0, 0.1) is 11.3 Å². The van der Waals surface area contributed by atoms with Crippen LogP contribution in [-0.2, 0) is 9.53 Å². The van der Waals surface area contributed by atoms with E-state index in [1.54, 1.807) is 24.3 Å². The molecule has 0 bridgehead atoms. The summed E-state index contributed by atoms with van der Waals surface area (Å²) in [6, 6.07) is 6.03. The summed E-state index contributed by atoms with van der Waals surface area (Å²) in [5, 5.41) is 9.74. The van der Waals surface area contributed by atoms with Crippen LogP contribution in [0.4, 0.5) is 0 Å². The number of carboxylic acids is 1. The highest BCUT2D eigenvalue weighted by molar-refractivity contribution is 5.99. The van der Waals surface area contributed by atoms with Gasteiger partial charge in [0.2, 0.25) is 0 Å². The Bertz CT molecular complexity index is 731. The standard InChI is InChI=1S/C22H31NO5/c1-5-27-18-9-7-6-8-16(18)19(24)23-17(20(25)26)14-28-22(23)12-10-15(11-13-22)21(2,3)4/h6-9,15,17H,5,10-14H2,1-4H3,(H,25,26). The van der Waals surface area contributed by atoms with Gasteiger partial charge in [0, 0.05) is 0 Å². The number of carbonyl (C=O) groups excluding carboxylic acids is 1. The Kier molecular flexibility index (Phi) is 5.71.